The maximum atomic E-state index is 6.16. The molecule has 0 aromatic carbocycles. The van der Waals surface area contributed by atoms with Crippen LogP contribution in [0.2, 0.25) is 0 Å². The van der Waals surface area contributed by atoms with Crippen LogP contribution in [0.15, 0.2) is 11.1 Å². The van der Waals surface area contributed by atoms with Crippen molar-refractivity contribution in [3.63, 3.8) is 0 Å². The second kappa shape index (κ2) is 3.16. The zero-order valence-corrected chi connectivity index (χ0v) is 10.9. The molecule has 0 amide bonds. The Morgan fingerprint density at radius 2 is 2.06 bits per heavy atom. The zero-order valence-electron chi connectivity index (χ0n) is 10.9. The Balaban J connectivity index is 1.81. The summed E-state index contributed by atoms with van der Waals surface area (Å²) in [5, 5.41) is 0. The normalized spacial score (nSPS) is 52.6. The van der Waals surface area contributed by atoms with Gasteiger partial charge in [0, 0.05) is 5.92 Å². The summed E-state index contributed by atoms with van der Waals surface area (Å²) in [4.78, 5) is 0. The summed E-state index contributed by atoms with van der Waals surface area (Å²) < 4.78 is 12.2. The highest BCUT2D eigenvalue weighted by Crippen LogP contribution is 2.60. The largest absolute Gasteiger partial charge is 0.371 e. The van der Waals surface area contributed by atoms with E-state index in [-0.39, 0.29) is 5.60 Å². The fourth-order valence-electron chi connectivity index (χ4n) is 4.78. The second-order valence-electron chi connectivity index (χ2n) is 6.78. The first kappa shape index (κ1) is 10.6. The van der Waals surface area contributed by atoms with E-state index in [1.807, 2.05) is 0 Å². The molecule has 4 rings (SSSR count). The molecular weight excluding hydrogens is 212 g/mol. The van der Waals surface area contributed by atoms with Gasteiger partial charge in [-0.3, -0.25) is 0 Å². The van der Waals surface area contributed by atoms with Gasteiger partial charge in [-0.1, -0.05) is 12.5 Å². The molecule has 17 heavy (non-hydrogen) atoms. The van der Waals surface area contributed by atoms with Crippen LogP contribution in [0.4, 0.5) is 0 Å². The third-order valence-corrected chi connectivity index (χ3v) is 5.87. The van der Waals surface area contributed by atoms with E-state index in [1.54, 1.807) is 11.1 Å². The maximum absolute atomic E-state index is 6.16. The molecule has 2 aliphatic carbocycles. The van der Waals surface area contributed by atoms with Crippen LogP contribution in [0.25, 0.3) is 0 Å². The molecule has 0 bridgehead atoms. The van der Waals surface area contributed by atoms with Crippen molar-refractivity contribution in [2.24, 2.45) is 11.3 Å². The van der Waals surface area contributed by atoms with Crippen molar-refractivity contribution in [2.45, 2.75) is 57.7 Å². The van der Waals surface area contributed by atoms with E-state index >= 15 is 0 Å². The minimum absolute atomic E-state index is 0.0907. The van der Waals surface area contributed by atoms with Crippen LogP contribution < -0.4 is 0 Å². The first-order valence-electron chi connectivity index (χ1n) is 7.11. The lowest BCUT2D eigenvalue weighted by atomic mass is 9.57. The molecule has 1 spiro atoms. The molecule has 2 saturated heterocycles. The molecule has 4 aliphatic rings. The molecule has 94 valence electrons. The molecule has 0 aromatic rings. The van der Waals surface area contributed by atoms with Crippen LogP contribution in [-0.2, 0) is 9.47 Å². The van der Waals surface area contributed by atoms with Gasteiger partial charge >= 0.3 is 0 Å². The van der Waals surface area contributed by atoms with Gasteiger partial charge in [0.05, 0.1) is 13.2 Å². The number of hydrogen-bond acceptors (Lipinski definition) is 2. The summed E-state index contributed by atoms with van der Waals surface area (Å²) in [5.41, 5.74) is 3.72. The van der Waals surface area contributed by atoms with Crippen molar-refractivity contribution < 1.29 is 9.47 Å². The van der Waals surface area contributed by atoms with E-state index in [0.717, 1.165) is 13.2 Å². The van der Waals surface area contributed by atoms with E-state index in [4.69, 9.17) is 9.47 Å². The lowest BCUT2D eigenvalue weighted by Crippen LogP contribution is -2.61. The van der Waals surface area contributed by atoms with Crippen molar-refractivity contribution in [2.75, 3.05) is 13.2 Å². The molecular formula is C15H22O2. The monoisotopic (exact) mass is 234 g/mol. The molecule has 0 radical (unpaired) electrons. The van der Waals surface area contributed by atoms with E-state index in [9.17, 15) is 0 Å². The van der Waals surface area contributed by atoms with Crippen molar-refractivity contribution in [1.82, 2.24) is 0 Å². The lowest BCUT2D eigenvalue weighted by Gasteiger charge is -2.56. The number of ether oxygens (including phenoxy) is 2. The predicted molar refractivity (Wildman–Crippen MR) is 65.8 cm³/mol. The van der Waals surface area contributed by atoms with Gasteiger partial charge in [-0.25, -0.2) is 0 Å². The number of rotatable bonds is 0. The Morgan fingerprint density at radius 1 is 1.18 bits per heavy atom. The quantitative estimate of drug-likeness (QED) is 0.600. The van der Waals surface area contributed by atoms with Gasteiger partial charge in [0.2, 0.25) is 0 Å². The minimum Gasteiger partial charge on any atom is -0.371 e. The van der Waals surface area contributed by atoms with Gasteiger partial charge in [0.1, 0.15) is 11.7 Å². The average Bonchev–Trinajstić information content (AvgIpc) is 2.50. The summed E-state index contributed by atoms with van der Waals surface area (Å²) in [6.45, 7) is 6.63. The highest BCUT2D eigenvalue weighted by atomic mass is 16.6. The van der Waals surface area contributed by atoms with Crippen LogP contribution >= 0.6 is 0 Å². The minimum atomic E-state index is 0.0907. The van der Waals surface area contributed by atoms with Gasteiger partial charge in [0.25, 0.3) is 0 Å². The third-order valence-electron chi connectivity index (χ3n) is 5.87. The van der Waals surface area contributed by atoms with E-state index in [2.05, 4.69) is 13.8 Å². The van der Waals surface area contributed by atoms with E-state index in [0.29, 0.717) is 17.4 Å². The smallest absolute Gasteiger partial charge is 0.109 e. The second-order valence-corrected chi connectivity index (χ2v) is 6.78. The van der Waals surface area contributed by atoms with Crippen molar-refractivity contribution >= 4 is 0 Å². The summed E-state index contributed by atoms with van der Waals surface area (Å²) in [6, 6.07) is 0. The van der Waals surface area contributed by atoms with Gasteiger partial charge in [0.15, 0.2) is 0 Å². The standard InChI is InChI=1S/C15H22O2/c1-10-4-3-5-14(2)6-7-15-11(9-17-15)8-16-13(15)12(10)14/h11,13H,3-9H2,1-2H3/t11?,13?,14-,15?/m1/s1. The molecule has 0 aromatic heterocycles. The van der Waals surface area contributed by atoms with Crippen LogP contribution in [-0.4, -0.2) is 24.9 Å². The zero-order chi connectivity index (χ0) is 11.7. The van der Waals surface area contributed by atoms with E-state index in [1.165, 1.54) is 32.1 Å². The fourth-order valence-corrected chi connectivity index (χ4v) is 4.78. The Morgan fingerprint density at radius 3 is 2.82 bits per heavy atom. The summed E-state index contributed by atoms with van der Waals surface area (Å²) in [7, 11) is 0. The van der Waals surface area contributed by atoms with Crippen molar-refractivity contribution in [3.8, 4) is 0 Å². The molecule has 3 unspecified atom stereocenters. The highest BCUT2D eigenvalue weighted by Gasteiger charge is 2.64. The fraction of sp³-hybridized carbons (Fsp3) is 0.867. The van der Waals surface area contributed by atoms with Crippen LogP contribution in [0.5, 0.6) is 0 Å². The Labute approximate surface area is 103 Å². The van der Waals surface area contributed by atoms with Crippen LogP contribution in [0, 0.1) is 11.3 Å². The number of fused-ring (bicyclic) bond motifs is 2. The van der Waals surface area contributed by atoms with E-state index < -0.39 is 0 Å². The van der Waals surface area contributed by atoms with Gasteiger partial charge in [-0.2, -0.15) is 0 Å². The molecule has 2 heteroatoms. The number of allylic oxidation sites excluding steroid dienone is 1. The lowest BCUT2D eigenvalue weighted by molar-refractivity contribution is -0.210. The van der Waals surface area contributed by atoms with Gasteiger partial charge < -0.3 is 9.47 Å². The molecule has 3 fully saturated rings. The Bertz CT molecular complexity index is 400. The summed E-state index contributed by atoms with van der Waals surface area (Å²) in [5.74, 6) is 0.680. The molecule has 4 atom stereocenters. The molecule has 0 N–H and O–H groups in total. The molecule has 2 nitrogen and oxygen atoms in total. The van der Waals surface area contributed by atoms with Gasteiger partial charge in [-0.15, -0.1) is 0 Å². The molecule has 2 aliphatic heterocycles. The predicted octanol–water partition coefficient (Wildman–Crippen LogP) is 3.07. The Hall–Kier alpha value is -0.340. The third kappa shape index (κ3) is 1.14. The summed E-state index contributed by atoms with van der Waals surface area (Å²) in [6.07, 6.45) is 6.79. The first-order valence-corrected chi connectivity index (χ1v) is 7.11. The maximum Gasteiger partial charge on any atom is 0.109 e. The topological polar surface area (TPSA) is 18.5 Å². The molecule has 2 heterocycles. The Kier molecular flexibility index (Phi) is 1.96. The van der Waals surface area contributed by atoms with Gasteiger partial charge in [-0.05, 0) is 50.0 Å². The van der Waals surface area contributed by atoms with Crippen LogP contribution in [0.1, 0.15) is 46.0 Å². The van der Waals surface area contributed by atoms with Crippen LogP contribution in [0.3, 0.4) is 0 Å². The average molecular weight is 234 g/mol. The number of hydrogen-bond donors (Lipinski definition) is 0. The summed E-state index contributed by atoms with van der Waals surface area (Å²) >= 11 is 0. The first-order chi connectivity index (χ1) is 8.16. The molecule has 1 saturated carbocycles. The SMILES string of the molecule is CC1=C2C3OCC4COC43CC[C@@]2(C)CCC1. The van der Waals surface area contributed by atoms with Crippen molar-refractivity contribution in [1.29, 1.82) is 0 Å². The van der Waals surface area contributed by atoms with Crippen molar-refractivity contribution in [3.05, 3.63) is 11.1 Å². The highest BCUT2D eigenvalue weighted by molar-refractivity contribution is 5.35.